The van der Waals surface area contributed by atoms with Crippen molar-refractivity contribution in [2.75, 3.05) is 58.9 Å². The van der Waals surface area contributed by atoms with Gasteiger partial charge in [0.1, 0.15) is 0 Å². The highest BCUT2D eigenvalue weighted by Crippen LogP contribution is 2.26. The molecule has 3 heterocycles. The zero-order chi connectivity index (χ0) is 18.2. The predicted molar refractivity (Wildman–Crippen MR) is 107 cm³/mol. The van der Waals surface area contributed by atoms with Crippen LogP contribution in [0.5, 0.6) is 0 Å². The molecular formula is C21H42N4. The highest BCUT2D eigenvalue weighted by molar-refractivity contribution is 4.93. The van der Waals surface area contributed by atoms with E-state index in [0.717, 1.165) is 12.1 Å². The van der Waals surface area contributed by atoms with Crippen LogP contribution in [0.15, 0.2) is 0 Å². The van der Waals surface area contributed by atoms with E-state index in [9.17, 15) is 0 Å². The van der Waals surface area contributed by atoms with Crippen LogP contribution in [0.1, 0.15) is 54.4 Å². The van der Waals surface area contributed by atoms with E-state index in [1.54, 1.807) is 0 Å². The van der Waals surface area contributed by atoms with E-state index in [1.807, 2.05) is 0 Å². The van der Waals surface area contributed by atoms with Crippen LogP contribution in [0.4, 0.5) is 0 Å². The van der Waals surface area contributed by atoms with Gasteiger partial charge in [-0.1, -0.05) is 20.8 Å². The van der Waals surface area contributed by atoms with Gasteiger partial charge in [-0.3, -0.25) is 19.6 Å². The summed E-state index contributed by atoms with van der Waals surface area (Å²) in [5.74, 6) is 0. The second kappa shape index (κ2) is 7.46. The van der Waals surface area contributed by atoms with E-state index in [1.165, 1.54) is 71.7 Å². The summed E-state index contributed by atoms with van der Waals surface area (Å²) in [5, 5.41) is 0. The standard InChI is InChI=1S/C21H42N4/c1-20(2,3)17-22-15-19(16-22)24-13-11-23(12-14-24)18-7-9-25(10-8-18)21(4,5)6/h18-19H,7-17H2,1-6H3. The molecule has 4 nitrogen and oxygen atoms in total. The first-order chi connectivity index (χ1) is 11.6. The molecule has 0 aromatic rings. The molecule has 146 valence electrons. The van der Waals surface area contributed by atoms with Crippen LogP contribution in [-0.2, 0) is 0 Å². The van der Waals surface area contributed by atoms with Crippen molar-refractivity contribution in [3.05, 3.63) is 0 Å². The van der Waals surface area contributed by atoms with E-state index in [0.29, 0.717) is 11.0 Å². The molecule has 0 N–H and O–H groups in total. The van der Waals surface area contributed by atoms with Crippen molar-refractivity contribution in [2.24, 2.45) is 5.41 Å². The monoisotopic (exact) mass is 350 g/mol. The Morgan fingerprint density at radius 3 is 1.60 bits per heavy atom. The van der Waals surface area contributed by atoms with Crippen molar-refractivity contribution in [2.45, 2.75) is 72.0 Å². The van der Waals surface area contributed by atoms with Crippen molar-refractivity contribution in [3.63, 3.8) is 0 Å². The van der Waals surface area contributed by atoms with Gasteiger partial charge >= 0.3 is 0 Å². The summed E-state index contributed by atoms with van der Waals surface area (Å²) < 4.78 is 0. The molecule has 4 heteroatoms. The third-order valence-corrected chi connectivity index (χ3v) is 6.43. The molecule has 0 amide bonds. The summed E-state index contributed by atoms with van der Waals surface area (Å²) in [4.78, 5) is 10.9. The summed E-state index contributed by atoms with van der Waals surface area (Å²) in [6.45, 7) is 25.6. The van der Waals surface area contributed by atoms with Crippen LogP contribution in [-0.4, -0.2) is 96.1 Å². The third kappa shape index (κ3) is 5.18. The first-order valence-corrected chi connectivity index (χ1v) is 10.6. The zero-order valence-electron chi connectivity index (χ0n) is 17.7. The van der Waals surface area contributed by atoms with Gasteiger partial charge in [-0.05, 0) is 39.0 Å². The van der Waals surface area contributed by atoms with Gasteiger partial charge in [0.05, 0.1) is 0 Å². The molecule has 3 rings (SSSR count). The summed E-state index contributed by atoms with van der Waals surface area (Å²) in [5.41, 5.74) is 0.776. The van der Waals surface area contributed by atoms with Gasteiger partial charge in [-0.2, -0.15) is 0 Å². The van der Waals surface area contributed by atoms with Crippen LogP contribution in [0.2, 0.25) is 0 Å². The number of likely N-dealkylation sites (tertiary alicyclic amines) is 2. The smallest absolute Gasteiger partial charge is 0.0351 e. The molecule has 0 aromatic carbocycles. The minimum Gasteiger partial charge on any atom is -0.300 e. The Balaban J connectivity index is 1.36. The largest absolute Gasteiger partial charge is 0.300 e. The summed E-state index contributed by atoms with van der Waals surface area (Å²) >= 11 is 0. The summed E-state index contributed by atoms with van der Waals surface area (Å²) in [7, 11) is 0. The average Bonchev–Trinajstić information content (AvgIpc) is 2.49. The van der Waals surface area contributed by atoms with Crippen LogP contribution in [0.25, 0.3) is 0 Å². The van der Waals surface area contributed by atoms with Gasteiger partial charge < -0.3 is 0 Å². The molecule has 3 aliphatic heterocycles. The fraction of sp³-hybridized carbons (Fsp3) is 1.00. The fourth-order valence-electron chi connectivity index (χ4n) is 4.94. The van der Waals surface area contributed by atoms with Crippen molar-refractivity contribution in [1.29, 1.82) is 0 Å². The summed E-state index contributed by atoms with van der Waals surface area (Å²) in [6.07, 6.45) is 2.72. The van der Waals surface area contributed by atoms with Crippen LogP contribution >= 0.6 is 0 Å². The number of piperazine rings is 1. The Kier molecular flexibility index (Phi) is 5.85. The quantitative estimate of drug-likeness (QED) is 0.775. The van der Waals surface area contributed by atoms with Crippen molar-refractivity contribution < 1.29 is 0 Å². The van der Waals surface area contributed by atoms with Gasteiger partial charge in [0.15, 0.2) is 0 Å². The lowest BCUT2D eigenvalue weighted by atomic mass is 9.93. The molecule has 0 atom stereocenters. The molecule has 3 fully saturated rings. The first-order valence-electron chi connectivity index (χ1n) is 10.6. The van der Waals surface area contributed by atoms with Gasteiger partial charge in [0.2, 0.25) is 0 Å². The fourth-order valence-corrected chi connectivity index (χ4v) is 4.94. The lowest BCUT2D eigenvalue weighted by Crippen LogP contribution is -2.64. The zero-order valence-corrected chi connectivity index (χ0v) is 17.7. The normalized spacial score (nSPS) is 27.6. The number of piperidine rings is 1. The lowest BCUT2D eigenvalue weighted by Gasteiger charge is -2.51. The van der Waals surface area contributed by atoms with Crippen molar-refractivity contribution in [3.8, 4) is 0 Å². The van der Waals surface area contributed by atoms with Crippen LogP contribution in [0.3, 0.4) is 0 Å². The molecule has 0 unspecified atom stereocenters. The maximum atomic E-state index is 2.79. The van der Waals surface area contributed by atoms with E-state index >= 15 is 0 Å². The minimum atomic E-state index is 0.340. The number of nitrogens with zero attached hydrogens (tertiary/aromatic N) is 4. The molecule has 3 aliphatic rings. The molecule has 0 aliphatic carbocycles. The number of hydrogen-bond acceptors (Lipinski definition) is 4. The van der Waals surface area contributed by atoms with Crippen molar-refractivity contribution in [1.82, 2.24) is 19.6 Å². The molecule has 3 saturated heterocycles. The SMILES string of the molecule is CC(C)(C)CN1CC(N2CCN(C3CCN(C(C)(C)C)CC3)CC2)C1. The molecule has 0 aromatic heterocycles. The van der Waals surface area contributed by atoms with Crippen LogP contribution < -0.4 is 0 Å². The van der Waals surface area contributed by atoms with Gasteiger partial charge in [0.25, 0.3) is 0 Å². The second-order valence-electron chi connectivity index (χ2n) is 10.9. The molecule has 0 radical (unpaired) electrons. The van der Waals surface area contributed by atoms with Gasteiger partial charge in [-0.25, -0.2) is 0 Å². The third-order valence-electron chi connectivity index (χ3n) is 6.43. The van der Waals surface area contributed by atoms with Gasteiger partial charge in [0, 0.05) is 76.5 Å². The Morgan fingerprint density at radius 1 is 0.680 bits per heavy atom. The van der Waals surface area contributed by atoms with E-state index in [-0.39, 0.29) is 0 Å². The van der Waals surface area contributed by atoms with Crippen molar-refractivity contribution >= 4 is 0 Å². The Bertz CT molecular complexity index is 414. The average molecular weight is 351 g/mol. The minimum absolute atomic E-state index is 0.340. The van der Waals surface area contributed by atoms with Gasteiger partial charge in [-0.15, -0.1) is 0 Å². The second-order valence-corrected chi connectivity index (χ2v) is 10.9. The highest BCUT2D eigenvalue weighted by Gasteiger charge is 2.36. The van der Waals surface area contributed by atoms with E-state index < -0.39 is 0 Å². The van der Waals surface area contributed by atoms with Crippen LogP contribution in [0, 0.1) is 5.41 Å². The molecule has 0 bridgehead atoms. The predicted octanol–water partition coefficient (Wildman–Crippen LogP) is 2.60. The molecular weight excluding hydrogens is 308 g/mol. The Labute approximate surface area is 156 Å². The Hall–Kier alpha value is -0.160. The van der Waals surface area contributed by atoms with E-state index in [2.05, 4.69) is 61.1 Å². The molecule has 25 heavy (non-hydrogen) atoms. The molecule has 0 spiro atoms. The number of rotatable bonds is 3. The highest BCUT2D eigenvalue weighted by atomic mass is 15.4. The van der Waals surface area contributed by atoms with E-state index in [4.69, 9.17) is 0 Å². The Morgan fingerprint density at radius 2 is 1.16 bits per heavy atom. The lowest BCUT2D eigenvalue weighted by molar-refractivity contribution is -0.0242. The summed E-state index contributed by atoms with van der Waals surface area (Å²) in [6, 6.07) is 1.66. The first kappa shape index (κ1) is 19.6. The topological polar surface area (TPSA) is 13.0 Å². The number of hydrogen-bond donors (Lipinski definition) is 0. The molecule has 0 saturated carbocycles. The maximum absolute atomic E-state index is 2.79. The maximum Gasteiger partial charge on any atom is 0.0351 e.